The van der Waals surface area contributed by atoms with E-state index in [0.717, 1.165) is 18.4 Å². The van der Waals surface area contributed by atoms with E-state index in [4.69, 9.17) is 9.84 Å². The molecule has 2 unspecified atom stereocenters. The van der Waals surface area contributed by atoms with Gasteiger partial charge in [0.1, 0.15) is 11.5 Å². The Kier molecular flexibility index (Phi) is 4.95. The number of carbonyl (C=O) groups is 1. The van der Waals surface area contributed by atoms with E-state index < -0.39 is 6.16 Å². The highest BCUT2D eigenvalue weighted by Crippen LogP contribution is 2.61. The summed E-state index contributed by atoms with van der Waals surface area (Å²) in [7, 11) is 0. The lowest BCUT2D eigenvalue weighted by Crippen LogP contribution is -2.51. The van der Waals surface area contributed by atoms with Crippen LogP contribution in [0, 0.1) is 16.7 Å². The van der Waals surface area contributed by atoms with Crippen LogP contribution in [0.4, 0.5) is 4.79 Å². The summed E-state index contributed by atoms with van der Waals surface area (Å²) >= 11 is 0. The fourth-order valence-corrected chi connectivity index (χ4v) is 4.83. The summed E-state index contributed by atoms with van der Waals surface area (Å²) in [5.41, 5.74) is 2.37. The van der Waals surface area contributed by atoms with Gasteiger partial charge in [-0.25, -0.2) is 4.79 Å². The smallest absolute Gasteiger partial charge is 0.508 e. The van der Waals surface area contributed by atoms with Crippen molar-refractivity contribution in [2.45, 2.75) is 52.9 Å². The Morgan fingerprint density at radius 2 is 1.46 bits per heavy atom. The van der Waals surface area contributed by atoms with Crippen LogP contribution in [0.15, 0.2) is 48.5 Å². The van der Waals surface area contributed by atoms with Crippen LogP contribution in [0.5, 0.6) is 11.5 Å². The van der Waals surface area contributed by atoms with Gasteiger partial charge in [0.25, 0.3) is 0 Å². The van der Waals surface area contributed by atoms with Gasteiger partial charge in [-0.2, -0.15) is 0 Å². The van der Waals surface area contributed by atoms with Gasteiger partial charge in [-0.05, 0) is 65.0 Å². The first-order valence-corrected chi connectivity index (χ1v) is 9.79. The monoisotopic (exact) mass is 382 g/mol. The van der Waals surface area contributed by atoms with Crippen LogP contribution in [-0.4, -0.2) is 16.4 Å². The zero-order valence-corrected chi connectivity index (χ0v) is 17.3. The maximum atomic E-state index is 10.8. The second kappa shape index (κ2) is 6.84. The second-order valence-corrected chi connectivity index (χ2v) is 9.41. The van der Waals surface area contributed by atoms with Crippen molar-refractivity contribution in [2.24, 2.45) is 16.7 Å². The number of benzene rings is 2. The Hall–Kier alpha value is -2.49. The van der Waals surface area contributed by atoms with Gasteiger partial charge >= 0.3 is 6.16 Å². The molecule has 0 radical (unpaired) electrons. The molecule has 0 amide bonds. The lowest BCUT2D eigenvalue weighted by atomic mass is 9.46. The predicted octanol–water partition coefficient (Wildman–Crippen LogP) is 6.22. The van der Waals surface area contributed by atoms with E-state index in [1.54, 1.807) is 24.3 Å². The molecule has 2 N–H and O–H groups in total. The zero-order valence-electron chi connectivity index (χ0n) is 17.3. The Morgan fingerprint density at radius 3 is 1.93 bits per heavy atom. The van der Waals surface area contributed by atoms with Crippen molar-refractivity contribution >= 4 is 6.16 Å². The van der Waals surface area contributed by atoms with Gasteiger partial charge in [-0.3, -0.25) is 0 Å². The lowest BCUT2D eigenvalue weighted by molar-refractivity contribution is -0.0322. The summed E-state index contributed by atoms with van der Waals surface area (Å²) in [6.45, 7) is 11.7. The first-order valence-electron chi connectivity index (χ1n) is 9.79. The number of carboxylic acid groups (broad SMARTS) is 1. The van der Waals surface area contributed by atoms with Gasteiger partial charge in [0.2, 0.25) is 0 Å². The topological polar surface area (TPSA) is 66.8 Å². The van der Waals surface area contributed by atoms with Gasteiger partial charge in [0.15, 0.2) is 0 Å². The third-order valence-corrected chi connectivity index (χ3v) is 7.41. The zero-order chi connectivity index (χ0) is 20.7. The Labute approximate surface area is 167 Å². The van der Waals surface area contributed by atoms with E-state index in [9.17, 15) is 9.90 Å². The van der Waals surface area contributed by atoms with Crippen LogP contribution in [0.25, 0.3) is 0 Å². The summed E-state index contributed by atoms with van der Waals surface area (Å²) in [6, 6.07) is 14.9. The molecule has 4 nitrogen and oxygen atoms in total. The average Bonchev–Trinajstić information content (AvgIpc) is 2.60. The Bertz CT molecular complexity index is 849. The van der Waals surface area contributed by atoms with Crippen LogP contribution in [0.2, 0.25) is 0 Å². The van der Waals surface area contributed by atoms with Crippen molar-refractivity contribution < 1.29 is 19.7 Å². The minimum atomic E-state index is -1.31. The standard InChI is InChI=1S/C24H30O4/c1-16-14-24(15-22(2,3)23(16,4)5,17-6-10-19(25)11-7-17)18-8-12-20(13-9-18)28-21(26)27/h6-13,16,25H,14-15H2,1-5H3,(H,26,27). The molecule has 0 heterocycles. The third-order valence-electron chi connectivity index (χ3n) is 7.41. The Balaban J connectivity index is 2.13. The lowest BCUT2D eigenvalue weighted by Gasteiger charge is -2.58. The van der Waals surface area contributed by atoms with E-state index in [0.29, 0.717) is 11.7 Å². The molecule has 2 aromatic carbocycles. The third kappa shape index (κ3) is 3.36. The van der Waals surface area contributed by atoms with Gasteiger partial charge in [0, 0.05) is 5.41 Å². The molecule has 1 fully saturated rings. The molecular weight excluding hydrogens is 352 g/mol. The number of phenolic OH excluding ortho intramolecular Hbond substituents is 1. The van der Waals surface area contributed by atoms with Crippen LogP contribution in [0.1, 0.15) is 58.6 Å². The molecule has 3 rings (SSSR count). The fraction of sp³-hybridized carbons (Fsp3) is 0.458. The normalized spacial score (nSPS) is 25.8. The molecule has 0 spiro atoms. The fourth-order valence-electron chi connectivity index (χ4n) is 4.83. The molecule has 1 aliphatic rings. The van der Waals surface area contributed by atoms with Crippen molar-refractivity contribution in [3.05, 3.63) is 59.7 Å². The molecule has 2 aromatic rings. The number of aromatic hydroxyl groups is 1. The maximum Gasteiger partial charge on any atom is 0.511 e. The van der Waals surface area contributed by atoms with Crippen molar-refractivity contribution in [1.82, 2.24) is 0 Å². The molecule has 150 valence electrons. The number of rotatable bonds is 3. The number of ether oxygens (including phenoxy) is 1. The average molecular weight is 383 g/mol. The van der Waals surface area contributed by atoms with Gasteiger partial charge in [-0.15, -0.1) is 0 Å². The van der Waals surface area contributed by atoms with E-state index in [1.807, 2.05) is 24.3 Å². The summed E-state index contributed by atoms with van der Waals surface area (Å²) < 4.78 is 4.79. The van der Waals surface area contributed by atoms with Gasteiger partial charge in [-0.1, -0.05) is 58.9 Å². The van der Waals surface area contributed by atoms with Gasteiger partial charge in [0.05, 0.1) is 0 Å². The van der Waals surface area contributed by atoms with Crippen LogP contribution < -0.4 is 4.74 Å². The highest BCUT2D eigenvalue weighted by atomic mass is 16.7. The maximum absolute atomic E-state index is 10.8. The number of phenols is 1. The molecule has 4 heteroatoms. The highest BCUT2D eigenvalue weighted by molar-refractivity contribution is 5.61. The first kappa shape index (κ1) is 20.2. The minimum Gasteiger partial charge on any atom is -0.508 e. The van der Waals surface area contributed by atoms with Crippen LogP contribution >= 0.6 is 0 Å². The van der Waals surface area contributed by atoms with E-state index in [-0.39, 0.29) is 22.0 Å². The molecule has 0 aromatic heterocycles. The van der Waals surface area contributed by atoms with Crippen molar-refractivity contribution in [3.8, 4) is 11.5 Å². The van der Waals surface area contributed by atoms with E-state index >= 15 is 0 Å². The van der Waals surface area contributed by atoms with E-state index in [2.05, 4.69) is 34.6 Å². The van der Waals surface area contributed by atoms with Crippen molar-refractivity contribution in [1.29, 1.82) is 0 Å². The quantitative estimate of drug-likeness (QED) is 0.489. The molecule has 28 heavy (non-hydrogen) atoms. The van der Waals surface area contributed by atoms with Crippen molar-refractivity contribution in [2.75, 3.05) is 0 Å². The molecule has 0 bridgehead atoms. The Morgan fingerprint density at radius 1 is 0.964 bits per heavy atom. The number of hydrogen-bond donors (Lipinski definition) is 2. The molecule has 0 saturated heterocycles. The largest absolute Gasteiger partial charge is 0.511 e. The molecule has 1 saturated carbocycles. The summed E-state index contributed by atoms with van der Waals surface area (Å²) in [4.78, 5) is 10.8. The summed E-state index contributed by atoms with van der Waals surface area (Å²) in [6.07, 6.45) is 0.629. The van der Waals surface area contributed by atoms with Gasteiger partial charge < -0.3 is 14.9 Å². The predicted molar refractivity (Wildman–Crippen MR) is 110 cm³/mol. The summed E-state index contributed by atoms with van der Waals surface area (Å²) in [5.74, 6) is 1.05. The SMILES string of the molecule is CC1CC(c2ccc(O)cc2)(c2ccc(OC(=O)O)cc2)CC(C)(C)C1(C)C. The highest BCUT2D eigenvalue weighted by Gasteiger charge is 2.54. The number of hydrogen-bond acceptors (Lipinski definition) is 3. The first-order chi connectivity index (χ1) is 13.0. The molecular formula is C24H30O4. The van der Waals surface area contributed by atoms with E-state index in [1.165, 1.54) is 5.56 Å². The molecule has 0 aliphatic heterocycles. The van der Waals surface area contributed by atoms with Crippen molar-refractivity contribution in [3.63, 3.8) is 0 Å². The minimum absolute atomic E-state index is 0.0821. The molecule has 2 atom stereocenters. The summed E-state index contributed by atoms with van der Waals surface area (Å²) in [5, 5.41) is 18.7. The van der Waals surface area contributed by atoms with Crippen LogP contribution in [0.3, 0.4) is 0 Å². The van der Waals surface area contributed by atoms with Crippen LogP contribution in [-0.2, 0) is 5.41 Å². The molecule has 1 aliphatic carbocycles. The second-order valence-electron chi connectivity index (χ2n) is 9.41.